The number of carbonyl (C=O) groups excluding carboxylic acids is 3. The zero-order valence-corrected chi connectivity index (χ0v) is 32.5. The number of ether oxygens (including phenoxy) is 3. The summed E-state index contributed by atoms with van der Waals surface area (Å²) >= 11 is 0. The number of hydrogen-bond acceptors (Lipinski definition) is 7. The third-order valence-electron chi connectivity index (χ3n) is 8.31. The van der Waals surface area contributed by atoms with Gasteiger partial charge in [-0.3, -0.25) is 14.4 Å². The lowest BCUT2D eigenvalue weighted by molar-refractivity contribution is -0.152. The first-order valence-electron chi connectivity index (χ1n) is 19.3. The molecular weight excluding hydrogens is 602 g/mol. The monoisotopic (exact) mass is 678 g/mol. The second-order valence-electron chi connectivity index (χ2n) is 15.5. The largest absolute Gasteiger partial charge is 0.465 e. The third kappa shape index (κ3) is 29.9. The van der Waals surface area contributed by atoms with Crippen molar-refractivity contribution in [3.8, 4) is 0 Å². The van der Waals surface area contributed by atoms with Gasteiger partial charge < -0.3 is 19.1 Å². The summed E-state index contributed by atoms with van der Waals surface area (Å²) in [5, 5.41) is 0. The van der Waals surface area contributed by atoms with Gasteiger partial charge in [-0.15, -0.1) is 0 Å². The number of rotatable bonds is 31. The molecule has 0 saturated heterocycles. The molecule has 0 aliphatic rings. The van der Waals surface area contributed by atoms with Gasteiger partial charge in [0.2, 0.25) is 0 Å². The van der Waals surface area contributed by atoms with Crippen molar-refractivity contribution in [2.75, 3.05) is 33.9 Å². The molecule has 0 aromatic rings. The van der Waals surface area contributed by atoms with Crippen molar-refractivity contribution >= 4 is 17.9 Å². The Hall–Kier alpha value is -2.15. The highest BCUT2D eigenvalue weighted by atomic mass is 16.5. The smallest absolute Gasteiger partial charge is 0.306 e. The zero-order chi connectivity index (χ0) is 36.1. The molecule has 0 aromatic heterocycles. The highest BCUT2D eigenvalue weighted by Crippen LogP contribution is 2.37. The lowest BCUT2D eigenvalue weighted by atomic mass is 9.73. The zero-order valence-electron chi connectivity index (χ0n) is 32.5. The predicted octanol–water partition coefficient (Wildman–Crippen LogP) is 10.6. The predicted molar refractivity (Wildman–Crippen MR) is 200 cm³/mol. The lowest BCUT2D eigenvalue weighted by Gasteiger charge is -2.36. The topological polar surface area (TPSA) is 82.1 Å². The summed E-state index contributed by atoms with van der Waals surface area (Å²) < 4.78 is 16.8. The van der Waals surface area contributed by atoms with Crippen molar-refractivity contribution in [3.05, 3.63) is 24.3 Å². The van der Waals surface area contributed by atoms with Crippen molar-refractivity contribution < 1.29 is 28.6 Å². The molecule has 7 heteroatoms. The number of allylic oxidation sites excluding steroid dienone is 2. The SMILES string of the molecule is CCCCCC/C=C\CCOC(=O)CCCC(CCCC(=O)OCC/C=C\CCCCCC)OC(=O)CC(C)(C)CC(C)(C)CN(C)C. The van der Waals surface area contributed by atoms with Gasteiger partial charge in [0, 0.05) is 19.4 Å². The second kappa shape index (κ2) is 28.7. The summed E-state index contributed by atoms with van der Waals surface area (Å²) in [5.74, 6) is -0.669. The maximum absolute atomic E-state index is 13.1. The van der Waals surface area contributed by atoms with Crippen LogP contribution in [0, 0.1) is 10.8 Å². The Kier molecular flexibility index (Phi) is 27.4. The number of esters is 3. The molecule has 280 valence electrons. The van der Waals surface area contributed by atoms with Crippen molar-refractivity contribution in [3.63, 3.8) is 0 Å². The van der Waals surface area contributed by atoms with E-state index in [0.29, 0.717) is 45.3 Å². The van der Waals surface area contributed by atoms with Gasteiger partial charge in [-0.25, -0.2) is 0 Å². The van der Waals surface area contributed by atoms with E-state index in [1.807, 2.05) is 0 Å². The number of carbonyl (C=O) groups is 3. The summed E-state index contributed by atoms with van der Waals surface area (Å²) in [6.07, 6.45) is 25.8. The highest BCUT2D eigenvalue weighted by molar-refractivity contribution is 5.71. The van der Waals surface area contributed by atoms with Crippen LogP contribution in [0.4, 0.5) is 0 Å². The van der Waals surface area contributed by atoms with Crippen molar-refractivity contribution in [2.24, 2.45) is 10.8 Å². The normalized spacial score (nSPS) is 12.5. The number of unbranched alkanes of at least 4 members (excludes halogenated alkanes) is 8. The average molecular weight is 678 g/mol. The van der Waals surface area contributed by atoms with E-state index in [4.69, 9.17) is 14.2 Å². The van der Waals surface area contributed by atoms with E-state index < -0.39 is 0 Å². The molecule has 0 bridgehead atoms. The van der Waals surface area contributed by atoms with E-state index >= 15 is 0 Å². The van der Waals surface area contributed by atoms with Crippen LogP contribution in [0.1, 0.15) is 170 Å². The molecule has 0 rings (SSSR count). The molecule has 0 aromatic carbocycles. The summed E-state index contributed by atoms with van der Waals surface area (Å²) in [6, 6.07) is 0. The highest BCUT2D eigenvalue weighted by Gasteiger charge is 2.32. The van der Waals surface area contributed by atoms with Crippen LogP contribution in [0.15, 0.2) is 24.3 Å². The summed E-state index contributed by atoms with van der Waals surface area (Å²) in [6.45, 7) is 14.8. The third-order valence-corrected chi connectivity index (χ3v) is 8.31. The molecule has 0 aliphatic carbocycles. The molecular formula is C41H75NO6. The van der Waals surface area contributed by atoms with Crippen LogP contribution >= 0.6 is 0 Å². The molecule has 0 spiro atoms. The number of nitrogens with zero attached hydrogens (tertiary/aromatic N) is 1. The van der Waals surface area contributed by atoms with E-state index in [-0.39, 0.29) is 47.7 Å². The first kappa shape index (κ1) is 45.9. The Bertz CT molecular complexity index is 845. The van der Waals surface area contributed by atoms with Crippen LogP contribution < -0.4 is 0 Å². The molecule has 0 radical (unpaired) electrons. The Morgan fingerprint density at radius 2 is 1.06 bits per heavy atom. The molecule has 0 N–H and O–H groups in total. The van der Waals surface area contributed by atoms with Crippen LogP contribution in [-0.2, 0) is 28.6 Å². The van der Waals surface area contributed by atoms with Crippen LogP contribution in [-0.4, -0.2) is 62.8 Å². The molecule has 0 aliphatic heterocycles. The summed E-state index contributed by atoms with van der Waals surface area (Å²) in [4.78, 5) is 40.0. The summed E-state index contributed by atoms with van der Waals surface area (Å²) in [7, 11) is 4.14. The molecule has 0 atom stereocenters. The van der Waals surface area contributed by atoms with Gasteiger partial charge in [-0.1, -0.05) is 104 Å². The maximum atomic E-state index is 13.1. The Morgan fingerprint density at radius 1 is 0.604 bits per heavy atom. The van der Waals surface area contributed by atoms with Crippen LogP contribution in [0.2, 0.25) is 0 Å². The minimum atomic E-state index is -0.352. The minimum Gasteiger partial charge on any atom is -0.465 e. The fourth-order valence-electron chi connectivity index (χ4n) is 6.57. The molecule has 48 heavy (non-hydrogen) atoms. The quantitative estimate of drug-likeness (QED) is 0.0312. The van der Waals surface area contributed by atoms with E-state index in [1.54, 1.807) is 0 Å². The summed E-state index contributed by atoms with van der Waals surface area (Å²) in [5.41, 5.74) is -0.162. The second-order valence-corrected chi connectivity index (χ2v) is 15.5. The fourth-order valence-corrected chi connectivity index (χ4v) is 6.57. The number of hydrogen-bond donors (Lipinski definition) is 0. The Labute approximate surface area is 296 Å². The minimum absolute atomic E-state index is 0.0578. The van der Waals surface area contributed by atoms with Gasteiger partial charge in [-0.05, 0) is 95.6 Å². The standard InChI is InChI=1S/C41H75NO6/c1-9-11-13-15-17-19-21-23-31-46-37(43)29-25-27-36(48-39(45)33-40(3,4)34-41(5,6)35-42(7)8)28-26-30-38(44)47-32-24-22-20-18-16-14-12-10-2/h19-22,36H,9-18,23-35H2,1-8H3/b21-19-,22-20-. The molecule has 0 heterocycles. The lowest BCUT2D eigenvalue weighted by Crippen LogP contribution is -2.34. The van der Waals surface area contributed by atoms with Gasteiger partial charge in [-0.2, -0.15) is 0 Å². The van der Waals surface area contributed by atoms with Crippen LogP contribution in [0.25, 0.3) is 0 Å². The van der Waals surface area contributed by atoms with Crippen molar-refractivity contribution in [1.82, 2.24) is 4.90 Å². The fraction of sp³-hybridized carbons (Fsp3) is 0.829. The molecule has 7 nitrogen and oxygen atoms in total. The maximum Gasteiger partial charge on any atom is 0.306 e. The van der Waals surface area contributed by atoms with Gasteiger partial charge >= 0.3 is 17.9 Å². The van der Waals surface area contributed by atoms with E-state index in [2.05, 4.69) is 84.8 Å². The Morgan fingerprint density at radius 3 is 1.50 bits per heavy atom. The molecule has 0 amide bonds. The van der Waals surface area contributed by atoms with Gasteiger partial charge in [0.25, 0.3) is 0 Å². The van der Waals surface area contributed by atoms with Gasteiger partial charge in [0.1, 0.15) is 6.10 Å². The first-order valence-corrected chi connectivity index (χ1v) is 19.3. The van der Waals surface area contributed by atoms with E-state index in [1.165, 1.54) is 51.4 Å². The Balaban J connectivity index is 4.79. The molecule has 0 saturated carbocycles. The first-order chi connectivity index (χ1) is 22.8. The molecule has 0 fully saturated rings. The van der Waals surface area contributed by atoms with Crippen molar-refractivity contribution in [1.29, 1.82) is 0 Å². The van der Waals surface area contributed by atoms with Gasteiger partial charge in [0.15, 0.2) is 0 Å². The van der Waals surface area contributed by atoms with Crippen LogP contribution in [0.5, 0.6) is 0 Å². The average Bonchev–Trinajstić information content (AvgIpc) is 2.97. The van der Waals surface area contributed by atoms with Crippen molar-refractivity contribution in [2.45, 2.75) is 176 Å². The van der Waals surface area contributed by atoms with E-state index in [0.717, 1.165) is 38.6 Å². The molecule has 0 unspecified atom stereocenters. The van der Waals surface area contributed by atoms with Crippen LogP contribution in [0.3, 0.4) is 0 Å². The van der Waals surface area contributed by atoms with E-state index in [9.17, 15) is 14.4 Å². The van der Waals surface area contributed by atoms with Gasteiger partial charge in [0.05, 0.1) is 19.6 Å².